The van der Waals surface area contributed by atoms with Crippen molar-refractivity contribution >= 4 is 132 Å². The number of ether oxygens (including phenoxy) is 6. The van der Waals surface area contributed by atoms with Gasteiger partial charge in [0.2, 0.25) is 0 Å². The average molecular weight is 1470 g/mol. The van der Waals surface area contributed by atoms with Gasteiger partial charge in [0.15, 0.2) is 0 Å². The monoisotopic (exact) mass is 1470 g/mol. The molecule has 0 fully saturated rings. The number of aromatic nitrogens is 4. The number of methoxy groups -OCH3 is 6. The van der Waals surface area contributed by atoms with Crippen LogP contribution in [0.2, 0.25) is 0 Å². The van der Waals surface area contributed by atoms with Gasteiger partial charge < -0.3 is 28.4 Å². The summed E-state index contributed by atoms with van der Waals surface area (Å²) in [6, 6.07) is 44.0. The van der Waals surface area contributed by atoms with Crippen LogP contribution in [0.15, 0.2) is 121 Å². The minimum Gasteiger partial charge on any atom is -0.496 e. The van der Waals surface area contributed by atoms with E-state index in [1.807, 2.05) is 24.3 Å². The molecule has 10 nitrogen and oxygen atoms in total. The molecule has 4 aliphatic rings. The fraction of sp³-hybridized carbons (Fsp3) is 0.196. The Balaban J connectivity index is 1.14. The summed E-state index contributed by atoms with van der Waals surface area (Å²) in [5.41, 5.74) is 31.8. The maximum atomic E-state index is 6.36. The Hall–Kier alpha value is -10.7. The standard InChI is InChI=1S/C92H82N4O6S4/c1-47-35-51(5)81(52(6)36-47)87-65-23-19-61(93-65)85(91-69(99-15)43-59(97-13)44-70(91)100-16)62-20-24-66(94-62)89(83-55(9)39-49(3)40-56(83)10)79-33-29-75(105-79)76-30-34-80(106-76)90(84-57(11)41-50(4)42-58(84)12)68-26-22-64(96-68)86(92-71(101-17)45-60(98-14)46-72(92)102-18)63-21-25-67(95-63)88(82-53(7)37-48(2)38-54(82)8)78-32-28-74(104-78)73-27-31-77(87)103-73/h19-46H,1-18H3. The summed E-state index contributed by atoms with van der Waals surface area (Å²) in [4.78, 5) is 23.2. The Labute approximate surface area is 636 Å². The normalized spacial score (nSPS) is 12.1. The van der Waals surface area contributed by atoms with Crippen molar-refractivity contribution in [3.63, 3.8) is 0 Å². The van der Waals surface area contributed by atoms with Gasteiger partial charge >= 0.3 is 0 Å². The Bertz CT molecular complexity index is 5330. The van der Waals surface area contributed by atoms with E-state index < -0.39 is 0 Å². The molecule has 16 bridgehead atoms. The number of aryl methyl sites for hydroxylation is 12. The number of hydrogen-bond donors (Lipinski definition) is 0. The third-order valence-electron chi connectivity index (χ3n) is 20.1. The highest BCUT2D eigenvalue weighted by molar-refractivity contribution is 7.31. The number of thiophene rings is 4. The maximum Gasteiger partial charge on any atom is 0.134 e. The van der Waals surface area contributed by atoms with Crippen LogP contribution < -0.4 is 28.4 Å². The molecule has 4 aliphatic heterocycles. The van der Waals surface area contributed by atoms with Gasteiger partial charge in [0, 0.05) is 95.2 Å². The summed E-state index contributed by atoms with van der Waals surface area (Å²) < 4.78 is 46.0. The van der Waals surface area contributed by atoms with Crippen LogP contribution >= 0.6 is 45.3 Å². The zero-order chi connectivity index (χ0) is 74.3. The predicted octanol–water partition coefficient (Wildman–Crippen LogP) is 25.4. The first kappa shape index (κ1) is 70.9. The van der Waals surface area contributed by atoms with Gasteiger partial charge in [-0.2, -0.15) is 0 Å². The summed E-state index contributed by atoms with van der Waals surface area (Å²) in [5, 5.41) is 0. The van der Waals surface area contributed by atoms with Crippen molar-refractivity contribution in [2.24, 2.45) is 0 Å². The van der Waals surface area contributed by atoms with Gasteiger partial charge in [-0.05, 0) is 247 Å². The van der Waals surface area contributed by atoms with E-state index in [4.69, 9.17) is 48.4 Å². The predicted molar refractivity (Wildman–Crippen MR) is 452 cm³/mol. The molecule has 0 unspecified atom stereocenters. The van der Waals surface area contributed by atoms with Crippen LogP contribution in [0.5, 0.6) is 34.5 Å². The van der Waals surface area contributed by atoms with Gasteiger partial charge in [0.05, 0.1) is 99.3 Å². The Morgan fingerprint density at radius 1 is 0.198 bits per heavy atom. The van der Waals surface area contributed by atoms with E-state index >= 15 is 0 Å². The lowest BCUT2D eigenvalue weighted by Crippen LogP contribution is -1.99. The Kier molecular flexibility index (Phi) is 19.1. The molecular formula is C92H82N4O6S4. The minimum absolute atomic E-state index is 0.557. The van der Waals surface area contributed by atoms with Gasteiger partial charge in [-0.3, -0.25) is 0 Å². The van der Waals surface area contributed by atoms with Crippen LogP contribution in [0.3, 0.4) is 0 Å². The molecule has 14 heteroatoms. The van der Waals surface area contributed by atoms with Crippen molar-refractivity contribution in [3.8, 4) is 101 Å². The van der Waals surface area contributed by atoms with Crippen LogP contribution in [0, 0.1) is 83.1 Å². The first-order valence-corrected chi connectivity index (χ1v) is 38.6. The summed E-state index contributed by atoms with van der Waals surface area (Å²) >= 11 is 7.09. The molecule has 106 heavy (non-hydrogen) atoms. The highest BCUT2D eigenvalue weighted by atomic mass is 32.1. The molecule has 6 aromatic carbocycles. The van der Waals surface area contributed by atoms with Crippen molar-refractivity contribution in [2.45, 2.75) is 83.1 Å². The van der Waals surface area contributed by atoms with Crippen LogP contribution in [-0.4, -0.2) is 62.6 Å². The summed E-state index contributed by atoms with van der Waals surface area (Å²) in [6.45, 7) is 26.4. The smallest absolute Gasteiger partial charge is 0.134 e. The third-order valence-corrected chi connectivity index (χ3v) is 24.9. The molecule has 15 rings (SSSR count). The fourth-order valence-corrected chi connectivity index (χ4v) is 20.5. The third kappa shape index (κ3) is 12.8. The molecule has 0 saturated heterocycles. The Morgan fingerprint density at radius 2 is 0.377 bits per heavy atom. The van der Waals surface area contributed by atoms with Gasteiger partial charge in [-0.1, -0.05) is 70.8 Å². The van der Waals surface area contributed by atoms with Crippen molar-refractivity contribution in [1.29, 1.82) is 0 Å². The molecule has 0 N–H and O–H groups in total. The zero-order valence-corrected chi connectivity index (χ0v) is 66.3. The number of benzene rings is 6. The zero-order valence-electron chi connectivity index (χ0n) is 63.0. The van der Waals surface area contributed by atoms with Crippen LogP contribution in [-0.2, 0) is 0 Å². The lowest BCUT2D eigenvalue weighted by molar-refractivity contribution is 0.377. The highest BCUT2D eigenvalue weighted by Gasteiger charge is 2.29. The van der Waals surface area contributed by atoms with E-state index in [-0.39, 0.29) is 0 Å². The molecule has 0 radical (unpaired) electrons. The molecule has 9 heterocycles. The molecule has 0 spiro atoms. The number of rotatable bonds is 12. The summed E-state index contributed by atoms with van der Waals surface area (Å²) in [7, 11) is 10.0. The lowest BCUT2D eigenvalue weighted by Gasteiger charge is -2.16. The SMILES string of the molecule is COc1cc(OC)c(-c2c3nc(c(-c4c(C)cc(C)cc4C)c4ccc(s4)c4ccc(s4)c(-c4c(C)cc(C)cc4C)c4nc(c(-c5c(OC)cc(OC)cc5OC)c5nc(c(-c6c(C)cc(C)cc6C)c6ccc(s6)c6ccc(s6)c(-c6c(C)cc(C)cc6C)c6nc2C=C6)C=C5)C=C4)C=C3)c(OC)c1. The second-order valence-corrected chi connectivity index (χ2v) is 32.0. The van der Waals surface area contributed by atoms with E-state index in [1.54, 1.807) is 88.0 Å². The second kappa shape index (κ2) is 28.6. The first-order valence-electron chi connectivity index (χ1n) is 35.3. The van der Waals surface area contributed by atoms with Gasteiger partial charge in [0.25, 0.3) is 0 Å². The van der Waals surface area contributed by atoms with E-state index in [1.165, 1.54) is 22.3 Å². The maximum absolute atomic E-state index is 6.36. The van der Waals surface area contributed by atoms with E-state index in [9.17, 15) is 0 Å². The number of nitrogens with zero attached hydrogens (tertiary/aromatic N) is 4. The van der Waals surface area contributed by atoms with E-state index in [2.05, 4.69) is 229 Å². The molecule has 11 aromatic rings. The first-order chi connectivity index (χ1) is 51.1. The summed E-state index contributed by atoms with van der Waals surface area (Å²) in [6.07, 6.45) is 17.1. The average Bonchev–Trinajstić information content (AvgIpc) is 1.59. The number of hydrogen-bond acceptors (Lipinski definition) is 14. The largest absolute Gasteiger partial charge is 0.496 e. The molecule has 530 valence electrons. The molecular weight excluding hydrogens is 1390 g/mol. The fourth-order valence-electron chi connectivity index (χ4n) is 16.1. The molecule has 0 saturated carbocycles. The topological polar surface area (TPSA) is 107 Å². The molecule has 0 atom stereocenters. The Morgan fingerprint density at radius 3 is 0.557 bits per heavy atom. The highest BCUT2D eigenvalue weighted by Crippen LogP contribution is 2.52. The summed E-state index contributed by atoms with van der Waals surface area (Å²) in [5.74, 6) is 3.41. The van der Waals surface area contributed by atoms with E-state index in [0.29, 0.717) is 68.4 Å². The lowest BCUT2D eigenvalue weighted by atomic mass is 9.93. The second-order valence-electron chi connectivity index (χ2n) is 27.7. The minimum atomic E-state index is 0.557. The van der Waals surface area contributed by atoms with Gasteiger partial charge in [-0.15, -0.1) is 45.3 Å². The molecule has 5 aromatic heterocycles. The molecule has 0 amide bonds. The van der Waals surface area contributed by atoms with Crippen LogP contribution in [0.25, 0.3) is 153 Å². The number of fused-ring (bicyclic) bond motifs is 18. The van der Waals surface area contributed by atoms with Gasteiger partial charge in [0.1, 0.15) is 34.5 Å². The van der Waals surface area contributed by atoms with E-state index in [0.717, 1.165) is 161 Å². The van der Waals surface area contributed by atoms with Crippen molar-refractivity contribution in [2.75, 3.05) is 42.7 Å². The van der Waals surface area contributed by atoms with Crippen molar-refractivity contribution in [3.05, 3.63) is 234 Å². The van der Waals surface area contributed by atoms with Crippen LogP contribution in [0.1, 0.15) is 112 Å². The van der Waals surface area contributed by atoms with Gasteiger partial charge in [-0.25, -0.2) is 19.9 Å². The van der Waals surface area contributed by atoms with Crippen molar-refractivity contribution in [1.82, 2.24) is 19.9 Å². The van der Waals surface area contributed by atoms with Crippen molar-refractivity contribution < 1.29 is 28.4 Å². The van der Waals surface area contributed by atoms with Crippen LogP contribution in [0.4, 0.5) is 0 Å². The molecule has 0 aliphatic carbocycles. The quantitative estimate of drug-likeness (QED) is 0.117.